The fourth-order valence-corrected chi connectivity index (χ4v) is 2.43. The van der Waals surface area contributed by atoms with Crippen LogP contribution in [0.25, 0.3) is 0 Å². The molecule has 4 nitrogen and oxygen atoms in total. The van der Waals surface area contributed by atoms with Crippen LogP contribution in [0.2, 0.25) is 0 Å². The monoisotopic (exact) mass is 242 g/mol. The molecule has 0 bridgehead atoms. The van der Waals surface area contributed by atoms with Crippen molar-refractivity contribution in [3.05, 3.63) is 29.8 Å². The summed E-state index contributed by atoms with van der Waals surface area (Å²) in [4.78, 5) is 0. The lowest BCUT2D eigenvalue weighted by Gasteiger charge is -2.05. The molecule has 0 radical (unpaired) electrons. The van der Waals surface area contributed by atoms with Crippen molar-refractivity contribution in [2.75, 3.05) is 18.0 Å². The predicted octanol–water partition coefficient (Wildman–Crippen LogP) is 1.14. The molecule has 1 rings (SSSR count). The van der Waals surface area contributed by atoms with Crippen LogP contribution in [0.1, 0.15) is 18.9 Å². The third-order valence-electron chi connectivity index (χ3n) is 2.21. The molecule has 16 heavy (non-hydrogen) atoms. The topological polar surface area (TPSA) is 72.2 Å². The smallest absolute Gasteiger partial charge is 0.211 e. The lowest BCUT2D eigenvalue weighted by atomic mass is 10.2. The average molecular weight is 242 g/mol. The van der Waals surface area contributed by atoms with Gasteiger partial charge >= 0.3 is 0 Å². The van der Waals surface area contributed by atoms with Gasteiger partial charge in [0.05, 0.1) is 5.75 Å². The molecule has 0 aliphatic carbocycles. The van der Waals surface area contributed by atoms with E-state index in [1.165, 1.54) is 0 Å². The molecule has 0 aromatic heterocycles. The standard InChI is InChI=1S/C11H18N2O2S/c1-2-8-13-16(14,15)9-7-10-3-5-11(12)6-4-10/h3-6,13H,2,7-9,12H2,1H3. The number of hydrogen-bond donors (Lipinski definition) is 2. The molecule has 0 unspecified atom stereocenters. The van der Waals surface area contributed by atoms with Crippen molar-refractivity contribution >= 4 is 15.7 Å². The maximum absolute atomic E-state index is 11.5. The number of anilines is 1. The van der Waals surface area contributed by atoms with Gasteiger partial charge in [0.1, 0.15) is 0 Å². The van der Waals surface area contributed by atoms with Gasteiger partial charge in [0.15, 0.2) is 0 Å². The Morgan fingerprint density at radius 2 is 1.88 bits per heavy atom. The number of sulfonamides is 1. The quantitative estimate of drug-likeness (QED) is 0.735. The Morgan fingerprint density at radius 1 is 1.25 bits per heavy atom. The van der Waals surface area contributed by atoms with Crippen molar-refractivity contribution in [1.82, 2.24) is 4.72 Å². The molecule has 5 heteroatoms. The zero-order valence-corrected chi connectivity index (χ0v) is 10.3. The minimum atomic E-state index is -3.13. The van der Waals surface area contributed by atoms with Crippen molar-refractivity contribution in [2.24, 2.45) is 0 Å². The largest absolute Gasteiger partial charge is 0.399 e. The van der Waals surface area contributed by atoms with Crippen LogP contribution in [-0.4, -0.2) is 20.7 Å². The summed E-state index contributed by atoms with van der Waals surface area (Å²) in [5.74, 6) is 0.122. The Bertz CT molecular complexity index is 412. The summed E-state index contributed by atoms with van der Waals surface area (Å²) in [6.45, 7) is 2.44. The van der Waals surface area contributed by atoms with E-state index >= 15 is 0 Å². The van der Waals surface area contributed by atoms with Crippen molar-refractivity contribution in [3.63, 3.8) is 0 Å². The summed E-state index contributed by atoms with van der Waals surface area (Å²) >= 11 is 0. The SMILES string of the molecule is CCCNS(=O)(=O)CCc1ccc(N)cc1. The third-order valence-corrected chi connectivity index (χ3v) is 3.60. The molecule has 0 fully saturated rings. The second-order valence-electron chi connectivity index (χ2n) is 3.70. The molecular formula is C11H18N2O2S. The van der Waals surface area contributed by atoms with E-state index in [-0.39, 0.29) is 5.75 Å². The predicted molar refractivity (Wildman–Crippen MR) is 66.6 cm³/mol. The number of nitrogen functional groups attached to an aromatic ring is 1. The fourth-order valence-electron chi connectivity index (χ4n) is 1.27. The second-order valence-corrected chi connectivity index (χ2v) is 5.63. The molecule has 0 aliphatic heterocycles. The summed E-state index contributed by atoms with van der Waals surface area (Å²) in [5, 5.41) is 0. The number of nitrogens with two attached hydrogens (primary N) is 1. The van der Waals surface area contributed by atoms with Gasteiger partial charge in [0, 0.05) is 12.2 Å². The molecule has 0 atom stereocenters. The highest BCUT2D eigenvalue weighted by Gasteiger charge is 2.08. The van der Waals surface area contributed by atoms with Crippen LogP contribution in [0.15, 0.2) is 24.3 Å². The average Bonchev–Trinajstić information content (AvgIpc) is 2.26. The summed E-state index contributed by atoms with van der Waals surface area (Å²) in [6.07, 6.45) is 1.32. The normalized spacial score (nSPS) is 11.6. The Morgan fingerprint density at radius 3 is 2.44 bits per heavy atom. The number of rotatable bonds is 6. The first-order valence-corrected chi connectivity index (χ1v) is 7.00. The van der Waals surface area contributed by atoms with Crippen LogP contribution in [0.5, 0.6) is 0 Å². The molecule has 3 N–H and O–H groups in total. The van der Waals surface area contributed by atoms with E-state index in [0.29, 0.717) is 18.7 Å². The zero-order chi connectivity index (χ0) is 12.0. The van der Waals surface area contributed by atoms with Gasteiger partial charge in [-0.05, 0) is 30.5 Å². The fraction of sp³-hybridized carbons (Fsp3) is 0.455. The van der Waals surface area contributed by atoms with Gasteiger partial charge in [0.2, 0.25) is 10.0 Å². The second kappa shape index (κ2) is 5.86. The Labute approximate surface area is 96.9 Å². The van der Waals surface area contributed by atoms with Crippen LogP contribution >= 0.6 is 0 Å². The van der Waals surface area contributed by atoms with Gasteiger partial charge in [-0.2, -0.15) is 0 Å². The maximum atomic E-state index is 11.5. The molecule has 1 aromatic carbocycles. The van der Waals surface area contributed by atoms with Crippen molar-refractivity contribution < 1.29 is 8.42 Å². The molecule has 0 heterocycles. The van der Waals surface area contributed by atoms with E-state index < -0.39 is 10.0 Å². The highest BCUT2D eigenvalue weighted by Crippen LogP contribution is 2.06. The Balaban J connectivity index is 2.48. The van der Waals surface area contributed by atoms with Crippen molar-refractivity contribution in [3.8, 4) is 0 Å². The zero-order valence-electron chi connectivity index (χ0n) is 9.44. The minimum absolute atomic E-state index is 0.122. The van der Waals surface area contributed by atoms with Gasteiger partial charge in [-0.1, -0.05) is 19.1 Å². The van der Waals surface area contributed by atoms with E-state index in [0.717, 1.165) is 12.0 Å². The minimum Gasteiger partial charge on any atom is -0.399 e. The van der Waals surface area contributed by atoms with Gasteiger partial charge in [0.25, 0.3) is 0 Å². The lowest BCUT2D eigenvalue weighted by molar-refractivity contribution is 0.580. The van der Waals surface area contributed by atoms with E-state index in [1.807, 2.05) is 19.1 Å². The van der Waals surface area contributed by atoms with E-state index in [1.54, 1.807) is 12.1 Å². The number of hydrogen-bond acceptors (Lipinski definition) is 3. The van der Waals surface area contributed by atoms with Gasteiger partial charge in [-0.25, -0.2) is 13.1 Å². The molecule has 0 saturated heterocycles. The molecular weight excluding hydrogens is 224 g/mol. The highest BCUT2D eigenvalue weighted by atomic mass is 32.2. The van der Waals surface area contributed by atoms with Crippen LogP contribution in [0.4, 0.5) is 5.69 Å². The molecule has 0 amide bonds. The summed E-state index contributed by atoms with van der Waals surface area (Å²) in [7, 11) is -3.13. The van der Waals surface area contributed by atoms with Crippen molar-refractivity contribution in [2.45, 2.75) is 19.8 Å². The van der Waals surface area contributed by atoms with Crippen LogP contribution < -0.4 is 10.5 Å². The Kier molecular flexibility index (Phi) is 4.76. The molecule has 0 aliphatic rings. The van der Waals surface area contributed by atoms with E-state index in [4.69, 9.17) is 5.73 Å². The summed E-state index contributed by atoms with van der Waals surface area (Å²) in [5.41, 5.74) is 7.22. The first-order chi connectivity index (χ1) is 7.53. The first-order valence-electron chi connectivity index (χ1n) is 5.35. The molecule has 90 valence electrons. The van der Waals surface area contributed by atoms with Gasteiger partial charge in [-0.15, -0.1) is 0 Å². The van der Waals surface area contributed by atoms with Gasteiger partial charge in [-0.3, -0.25) is 0 Å². The maximum Gasteiger partial charge on any atom is 0.211 e. The summed E-state index contributed by atoms with van der Waals surface area (Å²) < 4.78 is 25.5. The van der Waals surface area contributed by atoms with E-state index in [9.17, 15) is 8.42 Å². The van der Waals surface area contributed by atoms with Crippen molar-refractivity contribution in [1.29, 1.82) is 0 Å². The molecule has 1 aromatic rings. The molecule has 0 spiro atoms. The van der Waals surface area contributed by atoms with E-state index in [2.05, 4.69) is 4.72 Å². The number of benzene rings is 1. The van der Waals surface area contributed by atoms with Crippen LogP contribution in [-0.2, 0) is 16.4 Å². The lowest BCUT2D eigenvalue weighted by Crippen LogP contribution is -2.27. The Hall–Kier alpha value is -1.07. The number of nitrogens with one attached hydrogen (secondary N) is 1. The highest BCUT2D eigenvalue weighted by molar-refractivity contribution is 7.89. The van der Waals surface area contributed by atoms with Gasteiger partial charge < -0.3 is 5.73 Å². The summed E-state index contributed by atoms with van der Waals surface area (Å²) in [6, 6.07) is 7.26. The molecule has 0 saturated carbocycles. The van der Waals surface area contributed by atoms with Crippen LogP contribution in [0, 0.1) is 0 Å². The third kappa shape index (κ3) is 4.63. The first kappa shape index (κ1) is 13.0. The van der Waals surface area contributed by atoms with Crippen LogP contribution in [0.3, 0.4) is 0 Å². The number of aryl methyl sites for hydroxylation is 1.